The molecule has 0 atom stereocenters. The maximum atomic E-state index is 9.67. The molecule has 0 aromatic carbocycles. The standard InChI is InChI=1S/C12H10N4O2S/c1-7-6-19-10(14-7)5-9-15-12(18-16-9)11-8(17)3-2-4-13-11/h2-4,6,17H,5H2,1H3. The van der Waals surface area contributed by atoms with Crippen molar-refractivity contribution < 1.29 is 9.63 Å². The molecule has 3 aromatic heterocycles. The SMILES string of the molecule is Cc1csc(Cc2noc(-c3ncccc3O)n2)n1. The highest BCUT2D eigenvalue weighted by Gasteiger charge is 2.14. The summed E-state index contributed by atoms with van der Waals surface area (Å²) in [6, 6.07) is 3.16. The van der Waals surface area contributed by atoms with Crippen LogP contribution in [0.5, 0.6) is 5.75 Å². The number of hydrogen-bond donors (Lipinski definition) is 1. The van der Waals surface area contributed by atoms with Crippen LogP contribution in [0.15, 0.2) is 28.2 Å². The second-order valence-corrected chi connectivity index (χ2v) is 4.89. The Balaban J connectivity index is 1.86. The Labute approximate surface area is 112 Å². The van der Waals surface area contributed by atoms with Gasteiger partial charge in [-0.25, -0.2) is 9.97 Å². The van der Waals surface area contributed by atoms with Gasteiger partial charge in [-0.2, -0.15) is 4.98 Å². The first kappa shape index (κ1) is 11.8. The summed E-state index contributed by atoms with van der Waals surface area (Å²) in [5.41, 5.74) is 1.27. The summed E-state index contributed by atoms with van der Waals surface area (Å²) in [5, 5.41) is 16.4. The van der Waals surface area contributed by atoms with E-state index in [0.717, 1.165) is 10.7 Å². The van der Waals surface area contributed by atoms with Crippen molar-refractivity contribution in [3.63, 3.8) is 0 Å². The van der Waals surface area contributed by atoms with Gasteiger partial charge in [-0.15, -0.1) is 11.3 Å². The number of thiazole rings is 1. The molecule has 0 aliphatic carbocycles. The average Bonchev–Trinajstić information content (AvgIpc) is 3.00. The number of nitrogens with zero attached hydrogens (tertiary/aromatic N) is 4. The first-order valence-electron chi connectivity index (χ1n) is 5.60. The van der Waals surface area contributed by atoms with Gasteiger partial charge in [0.05, 0.1) is 6.42 Å². The topological polar surface area (TPSA) is 84.9 Å². The molecule has 0 radical (unpaired) electrons. The van der Waals surface area contributed by atoms with Gasteiger partial charge < -0.3 is 9.63 Å². The summed E-state index contributed by atoms with van der Waals surface area (Å²) >= 11 is 1.55. The lowest BCUT2D eigenvalue weighted by atomic mass is 10.3. The molecule has 3 rings (SSSR count). The average molecular weight is 274 g/mol. The lowest BCUT2D eigenvalue weighted by Crippen LogP contribution is -1.90. The Kier molecular flexibility index (Phi) is 2.96. The van der Waals surface area contributed by atoms with Gasteiger partial charge in [-0.3, -0.25) is 0 Å². The molecule has 0 spiro atoms. The molecule has 7 heteroatoms. The van der Waals surface area contributed by atoms with E-state index in [0.29, 0.717) is 12.2 Å². The van der Waals surface area contributed by atoms with E-state index in [4.69, 9.17) is 4.52 Å². The smallest absolute Gasteiger partial charge is 0.280 e. The zero-order valence-electron chi connectivity index (χ0n) is 10.1. The molecular formula is C12H10N4O2S. The van der Waals surface area contributed by atoms with Gasteiger partial charge in [0.2, 0.25) is 0 Å². The number of aromatic hydroxyl groups is 1. The van der Waals surface area contributed by atoms with Gasteiger partial charge in [0.1, 0.15) is 10.8 Å². The third kappa shape index (κ3) is 2.45. The number of rotatable bonds is 3. The monoisotopic (exact) mass is 274 g/mol. The molecule has 0 aliphatic rings. The van der Waals surface area contributed by atoms with Crippen LogP contribution in [0.1, 0.15) is 16.5 Å². The largest absolute Gasteiger partial charge is 0.505 e. The van der Waals surface area contributed by atoms with Crippen molar-refractivity contribution in [1.82, 2.24) is 20.1 Å². The van der Waals surface area contributed by atoms with Gasteiger partial charge >= 0.3 is 0 Å². The van der Waals surface area contributed by atoms with Crippen LogP contribution in [-0.2, 0) is 6.42 Å². The molecule has 19 heavy (non-hydrogen) atoms. The van der Waals surface area contributed by atoms with E-state index >= 15 is 0 Å². The van der Waals surface area contributed by atoms with E-state index in [1.807, 2.05) is 12.3 Å². The van der Waals surface area contributed by atoms with Crippen LogP contribution < -0.4 is 0 Å². The molecule has 0 amide bonds. The molecule has 0 bridgehead atoms. The van der Waals surface area contributed by atoms with Gasteiger partial charge in [0.15, 0.2) is 11.5 Å². The van der Waals surface area contributed by atoms with Crippen LogP contribution in [0, 0.1) is 6.92 Å². The van der Waals surface area contributed by atoms with Gasteiger partial charge in [0.25, 0.3) is 5.89 Å². The molecule has 0 aliphatic heterocycles. The van der Waals surface area contributed by atoms with E-state index in [1.165, 1.54) is 6.07 Å². The highest BCUT2D eigenvalue weighted by Crippen LogP contribution is 2.24. The van der Waals surface area contributed by atoms with Crippen molar-refractivity contribution in [2.24, 2.45) is 0 Å². The van der Waals surface area contributed by atoms with Gasteiger partial charge in [0, 0.05) is 17.3 Å². The molecule has 3 aromatic rings. The van der Waals surface area contributed by atoms with Crippen molar-refractivity contribution >= 4 is 11.3 Å². The first-order valence-corrected chi connectivity index (χ1v) is 6.48. The quantitative estimate of drug-likeness (QED) is 0.788. The maximum Gasteiger partial charge on any atom is 0.280 e. The highest BCUT2D eigenvalue weighted by molar-refractivity contribution is 7.09. The third-order valence-corrected chi connectivity index (χ3v) is 3.40. The first-order chi connectivity index (χ1) is 9.22. The number of aryl methyl sites for hydroxylation is 1. The summed E-state index contributed by atoms with van der Waals surface area (Å²) in [7, 11) is 0. The number of pyridine rings is 1. The summed E-state index contributed by atoms with van der Waals surface area (Å²) in [6.45, 7) is 1.94. The number of aromatic nitrogens is 4. The van der Waals surface area contributed by atoms with Gasteiger partial charge in [-0.1, -0.05) is 5.16 Å². The van der Waals surface area contributed by atoms with Crippen molar-refractivity contribution in [2.45, 2.75) is 13.3 Å². The molecule has 0 fully saturated rings. The van der Waals surface area contributed by atoms with Crippen molar-refractivity contribution in [3.8, 4) is 17.3 Å². The summed E-state index contributed by atoms with van der Waals surface area (Å²) in [6.07, 6.45) is 2.07. The summed E-state index contributed by atoms with van der Waals surface area (Å²) in [4.78, 5) is 12.6. The minimum atomic E-state index is 0.0165. The molecule has 0 unspecified atom stereocenters. The van der Waals surface area contributed by atoms with E-state index in [2.05, 4.69) is 20.1 Å². The molecule has 0 saturated carbocycles. The zero-order chi connectivity index (χ0) is 13.2. The van der Waals surface area contributed by atoms with Crippen LogP contribution in [-0.4, -0.2) is 25.2 Å². The predicted octanol–water partition coefficient (Wildman–Crippen LogP) is 2.19. The fraction of sp³-hybridized carbons (Fsp3) is 0.167. The van der Waals surface area contributed by atoms with Crippen molar-refractivity contribution in [1.29, 1.82) is 0 Å². The fourth-order valence-corrected chi connectivity index (χ4v) is 2.37. The molecule has 1 N–H and O–H groups in total. The van der Waals surface area contributed by atoms with Crippen molar-refractivity contribution in [3.05, 3.63) is 40.2 Å². The minimum Gasteiger partial charge on any atom is -0.505 e. The van der Waals surface area contributed by atoms with Crippen LogP contribution in [0.2, 0.25) is 0 Å². The van der Waals surface area contributed by atoms with Crippen LogP contribution in [0.3, 0.4) is 0 Å². The zero-order valence-corrected chi connectivity index (χ0v) is 10.9. The Morgan fingerprint density at radius 1 is 1.37 bits per heavy atom. The minimum absolute atomic E-state index is 0.0165. The second kappa shape index (κ2) is 4.77. The lowest BCUT2D eigenvalue weighted by molar-refractivity contribution is 0.416. The summed E-state index contributed by atoms with van der Waals surface area (Å²) in [5.74, 6) is 0.749. The third-order valence-electron chi connectivity index (χ3n) is 2.43. The molecule has 0 saturated heterocycles. The fourth-order valence-electron chi connectivity index (χ4n) is 1.60. The number of hydrogen-bond acceptors (Lipinski definition) is 7. The normalized spacial score (nSPS) is 10.8. The lowest BCUT2D eigenvalue weighted by Gasteiger charge is -1.95. The Morgan fingerprint density at radius 2 is 2.26 bits per heavy atom. The summed E-state index contributed by atoms with van der Waals surface area (Å²) < 4.78 is 5.10. The van der Waals surface area contributed by atoms with Gasteiger partial charge in [-0.05, 0) is 19.1 Å². The second-order valence-electron chi connectivity index (χ2n) is 3.95. The Morgan fingerprint density at radius 3 is 3.00 bits per heavy atom. The Hall–Kier alpha value is -2.28. The van der Waals surface area contributed by atoms with Crippen molar-refractivity contribution in [2.75, 3.05) is 0 Å². The van der Waals surface area contributed by atoms with E-state index < -0.39 is 0 Å². The highest BCUT2D eigenvalue weighted by atomic mass is 32.1. The molecule has 96 valence electrons. The van der Waals surface area contributed by atoms with Crippen LogP contribution in [0.4, 0.5) is 0 Å². The molecular weight excluding hydrogens is 264 g/mol. The predicted molar refractivity (Wildman–Crippen MR) is 68.9 cm³/mol. The Bertz CT molecular complexity index is 707. The van der Waals surface area contributed by atoms with E-state index in [-0.39, 0.29) is 17.3 Å². The van der Waals surface area contributed by atoms with Crippen LogP contribution >= 0.6 is 11.3 Å². The van der Waals surface area contributed by atoms with E-state index in [1.54, 1.807) is 23.6 Å². The maximum absolute atomic E-state index is 9.67. The molecule has 3 heterocycles. The van der Waals surface area contributed by atoms with Crippen LogP contribution in [0.25, 0.3) is 11.6 Å². The molecule has 6 nitrogen and oxygen atoms in total. The van der Waals surface area contributed by atoms with E-state index in [9.17, 15) is 5.11 Å².